The summed E-state index contributed by atoms with van der Waals surface area (Å²) in [6.07, 6.45) is 5.05. The number of rotatable bonds is 2. The lowest BCUT2D eigenvalue weighted by molar-refractivity contribution is 0.968. The van der Waals surface area contributed by atoms with E-state index in [1.165, 1.54) is 22.5 Å². The molecule has 0 spiro atoms. The summed E-state index contributed by atoms with van der Waals surface area (Å²) in [6, 6.07) is 5.29. The van der Waals surface area contributed by atoms with Gasteiger partial charge in [-0.15, -0.1) is 0 Å². The average molecular weight is 352 g/mol. The van der Waals surface area contributed by atoms with Crippen molar-refractivity contribution in [1.82, 2.24) is 14.5 Å². The highest BCUT2D eigenvalue weighted by Gasteiger charge is 2.14. The number of benzene rings is 1. The molecule has 0 aliphatic heterocycles. The third-order valence-electron chi connectivity index (χ3n) is 3.31. The molecule has 1 aromatic carbocycles. The Morgan fingerprint density at radius 1 is 1.23 bits per heavy atom. The molecule has 0 atom stereocenters. The van der Waals surface area contributed by atoms with Crippen LogP contribution in [0.2, 0.25) is 10.0 Å². The number of aromatic nitrogens is 3. The van der Waals surface area contributed by atoms with E-state index in [-0.39, 0.29) is 5.56 Å². The Labute approximate surface area is 141 Å². The lowest BCUT2D eigenvalue weighted by atomic mass is 10.2. The topological polar surface area (TPSA) is 47.8 Å². The van der Waals surface area contributed by atoms with Crippen LogP contribution in [0.25, 0.3) is 16.6 Å². The first-order valence-corrected chi connectivity index (χ1v) is 8.38. The smallest absolute Gasteiger partial charge is 0.266 e. The molecule has 0 unspecified atom stereocenters. The van der Waals surface area contributed by atoms with E-state index in [9.17, 15) is 4.79 Å². The van der Waals surface area contributed by atoms with Crippen molar-refractivity contribution in [3.05, 3.63) is 56.6 Å². The van der Waals surface area contributed by atoms with E-state index in [1.54, 1.807) is 18.3 Å². The highest BCUT2D eigenvalue weighted by molar-refractivity contribution is 7.98. The standard InChI is InChI=1S/C15H11Cl2N3OS/c1-8-3-4-10(16)13(12(8)17)20-6-5-11-9(14(20)21)7-18-15(19-11)22-2/h3-7H,1-2H3. The first-order chi connectivity index (χ1) is 10.5. The van der Waals surface area contributed by atoms with Crippen LogP contribution >= 0.6 is 35.0 Å². The van der Waals surface area contributed by atoms with Gasteiger partial charge in [-0.1, -0.05) is 41.0 Å². The van der Waals surface area contributed by atoms with Gasteiger partial charge in [0.1, 0.15) is 0 Å². The molecule has 7 heteroatoms. The van der Waals surface area contributed by atoms with Crippen molar-refractivity contribution in [3.63, 3.8) is 0 Å². The fourth-order valence-corrected chi connectivity index (χ4v) is 3.05. The van der Waals surface area contributed by atoms with E-state index in [0.717, 1.165) is 5.56 Å². The predicted molar refractivity (Wildman–Crippen MR) is 91.7 cm³/mol. The minimum absolute atomic E-state index is 0.250. The second kappa shape index (κ2) is 5.91. The molecular weight excluding hydrogens is 341 g/mol. The van der Waals surface area contributed by atoms with Crippen LogP contribution in [0.5, 0.6) is 0 Å². The van der Waals surface area contributed by atoms with Gasteiger partial charge in [-0.3, -0.25) is 9.36 Å². The predicted octanol–water partition coefficient (Wildman–Crippen LogP) is 4.12. The van der Waals surface area contributed by atoms with Crippen molar-refractivity contribution in [1.29, 1.82) is 0 Å². The summed E-state index contributed by atoms with van der Waals surface area (Å²) in [5, 5.41) is 1.92. The maximum atomic E-state index is 12.7. The molecule has 0 bridgehead atoms. The van der Waals surface area contributed by atoms with E-state index >= 15 is 0 Å². The molecule has 2 aromatic heterocycles. The minimum Gasteiger partial charge on any atom is -0.281 e. The van der Waals surface area contributed by atoms with Gasteiger partial charge in [0.2, 0.25) is 0 Å². The Morgan fingerprint density at radius 2 is 2.00 bits per heavy atom. The Morgan fingerprint density at radius 3 is 2.73 bits per heavy atom. The Kier molecular flexibility index (Phi) is 4.12. The lowest BCUT2D eigenvalue weighted by Crippen LogP contribution is -2.19. The summed E-state index contributed by atoms with van der Waals surface area (Å²) in [5.41, 5.74) is 1.67. The number of pyridine rings is 1. The van der Waals surface area contributed by atoms with Crippen molar-refractivity contribution >= 4 is 45.9 Å². The van der Waals surface area contributed by atoms with E-state index in [2.05, 4.69) is 9.97 Å². The van der Waals surface area contributed by atoms with Crippen LogP contribution < -0.4 is 5.56 Å². The highest BCUT2D eigenvalue weighted by Crippen LogP contribution is 2.30. The molecule has 2 heterocycles. The number of nitrogens with zero attached hydrogens (tertiary/aromatic N) is 3. The van der Waals surface area contributed by atoms with E-state index in [4.69, 9.17) is 23.2 Å². The minimum atomic E-state index is -0.250. The first-order valence-electron chi connectivity index (χ1n) is 6.40. The summed E-state index contributed by atoms with van der Waals surface area (Å²) < 4.78 is 1.43. The van der Waals surface area contributed by atoms with Gasteiger partial charge in [0.05, 0.1) is 26.6 Å². The molecule has 0 saturated carbocycles. The molecule has 4 nitrogen and oxygen atoms in total. The first kappa shape index (κ1) is 15.3. The molecule has 0 radical (unpaired) electrons. The summed E-state index contributed by atoms with van der Waals surface area (Å²) in [7, 11) is 0. The van der Waals surface area contributed by atoms with Gasteiger partial charge in [-0.2, -0.15) is 0 Å². The number of halogens is 2. The fraction of sp³-hybridized carbons (Fsp3) is 0.133. The molecule has 3 aromatic rings. The van der Waals surface area contributed by atoms with Crippen LogP contribution in [0.4, 0.5) is 0 Å². The zero-order chi connectivity index (χ0) is 15.9. The lowest BCUT2D eigenvalue weighted by Gasteiger charge is -2.12. The Bertz CT molecular complexity index is 940. The molecule has 0 saturated heterocycles. The van der Waals surface area contributed by atoms with Crippen molar-refractivity contribution < 1.29 is 0 Å². The Hall–Kier alpha value is -1.56. The van der Waals surface area contributed by atoms with Gasteiger partial charge < -0.3 is 0 Å². The number of aryl methyl sites for hydroxylation is 1. The van der Waals surface area contributed by atoms with Crippen LogP contribution in [-0.2, 0) is 0 Å². The van der Waals surface area contributed by atoms with Crippen LogP contribution in [0, 0.1) is 6.92 Å². The normalized spacial score (nSPS) is 11.1. The fourth-order valence-electron chi connectivity index (χ4n) is 2.15. The molecule has 0 aliphatic carbocycles. The van der Waals surface area contributed by atoms with Gasteiger partial charge in [0, 0.05) is 12.4 Å². The maximum Gasteiger partial charge on any atom is 0.266 e. The zero-order valence-electron chi connectivity index (χ0n) is 11.8. The number of hydrogen-bond acceptors (Lipinski definition) is 4. The van der Waals surface area contributed by atoms with E-state index in [0.29, 0.717) is 31.8 Å². The monoisotopic (exact) mass is 351 g/mol. The van der Waals surface area contributed by atoms with Crippen LogP contribution in [-0.4, -0.2) is 20.8 Å². The highest BCUT2D eigenvalue weighted by atomic mass is 35.5. The zero-order valence-corrected chi connectivity index (χ0v) is 14.1. The summed E-state index contributed by atoms with van der Waals surface area (Å²) in [4.78, 5) is 21.2. The number of hydrogen-bond donors (Lipinski definition) is 0. The Balaban J connectivity index is 2.32. The second-order valence-electron chi connectivity index (χ2n) is 4.67. The van der Waals surface area contributed by atoms with Crippen molar-refractivity contribution in [2.24, 2.45) is 0 Å². The average Bonchev–Trinajstić information content (AvgIpc) is 2.53. The van der Waals surface area contributed by atoms with Crippen LogP contribution in [0.15, 0.2) is 40.5 Å². The second-order valence-corrected chi connectivity index (χ2v) is 6.23. The molecule has 22 heavy (non-hydrogen) atoms. The largest absolute Gasteiger partial charge is 0.281 e. The van der Waals surface area contributed by atoms with E-state index < -0.39 is 0 Å². The summed E-state index contributed by atoms with van der Waals surface area (Å²) in [5.74, 6) is 0. The molecule has 0 aliphatic rings. The third kappa shape index (κ3) is 2.49. The van der Waals surface area contributed by atoms with Crippen molar-refractivity contribution in [2.45, 2.75) is 12.1 Å². The van der Waals surface area contributed by atoms with Gasteiger partial charge in [-0.05, 0) is 30.9 Å². The third-order valence-corrected chi connectivity index (χ3v) is 4.65. The SMILES string of the molecule is CSc1ncc2c(=O)n(-c3c(Cl)ccc(C)c3Cl)ccc2n1. The summed E-state index contributed by atoms with van der Waals surface area (Å²) >= 11 is 14.0. The van der Waals surface area contributed by atoms with Gasteiger partial charge in [0.25, 0.3) is 5.56 Å². The molecule has 0 amide bonds. The maximum absolute atomic E-state index is 12.7. The van der Waals surface area contributed by atoms with E-state index in [1.807, 2.05) is 19.2 Å². The quantitative estimate of drug-likeness (QED) is 0.514. The molecule has 0 N–H and O–H groups in total. The van der Waals surface area contributed by atoms with Crippen LogP contribution in [0.1, 0.15) is 5.56 Å². The molecule has 0 fully saturated rings. The van der Waals surface area contributed by atoms with Crippen molar-refractivity contribution in [2.75, 3.05) is 6.26 Å². The number of fused-ring (bicyclic) bond motifs is 1. The molecular formula is C15H11Cl2N3OS. The summed E-state index contributed by atoms with van der Waals surface area (Å²) in [6.45, 7) is 1.86. The van der Waals surface area contributed by atoms with Crippen LogP contribution in [0.3, 0.4) is 0 Å². The van der Waals surface area contributed by atoms with Gasteiger partial charge >= 0.3 is 0 Å². The molecule has 3 rings (SSSR count). The van der Waals surface area contributed by atoms with Gasteiger partial charge in [0.15, 0.2) is 5.16 Å². The molecule has 112 valence electrons. The number of thioether (sulfide) groups is 1. The van der Waals surface area contributed by atoms with Gasteiger partial charge in [-0.25, -0.2) is 9.97 Å². The van der Waals surface area contributed by atoms with Crippen molar-refractivity contribution in [3.8, 4) is 5.69 Å².